The molecule has 1 atom stereocenters. The molecule has 2 N–H and O–H groups in total. The van der Waals surface area contributed by atoms with E-state index in [1.807, 2.05) is 0 Å². The van der Waals surface area contributed by atoms with Gasteiger partial charge in [0.1, 0.15) is 11.9 Å². The number of hydrogen-bond acceptors (Lipinski definition) is 3. The lowest BCUT2D eigenvalue weighted by molar-refractivity contribution is -0.0156. The van der Waals surface area contributed by atoms with Crippen LogP contribution in [0.2, 0.25) is 0 Å². The summed E-state index contributed by atoms with van der Waals surface area (Å²) >= 11 is 0. The summed E-state index contributed by atoms with van der Waals surface area (Å²) in [7, 11) is 0. The SMILES string of the molecule is O=C(O)c1ccc(CNC(=O)N2CCOC(c3cccc(F)c3)C2)cc1. The maximum atomic E-state index is 13.4. The number of aromatic carboxylic acids is 1. The van der Waals surface area contributed by atoms with Crippen molar-refractivity contribution in [2.75, 3.05) is 19.7 Å². The summed E-state index contributed by atoms with van der Waals surface area (Å²) in [4.78, 5) is 24.9. The standard InChI is InChI=1S/C19H19FN2O4/c20-16-3-1-2-15(10-16)17-12-22(8-9-26-17)19(25)21-11-13-4-6-14(7-5-13)18(23)24/h1-7,10,17H,8-9,11-12H2,(H,21,25)(H,23,24). The van der Waals surface area contributed by atoms with Crippen LogP contribution in [-0.2, 0) is 11.3 Å². The number of amides is 2. The Hall–Kier alpha value is -2.93. The second kappa shape index (κ2) is 7.97. The van der Waals surface area contributed by atoms with E-state index in [-0.39, 0.29) is 23.5 Å². The van der Waals surface area contributed by atoms with E-state index >= 15 is 0 Å². The van der Waals surface area contributed by atoms with Crippen molar-refractivity contribution in [3.05, 3.63) is 71.0 Å². The van der Waals surface area contributed by atoms with E-state index in [1.54, 1.807) is 29.2 Å². The number of benzene rings is 2. The third-order valence-electron chi connectivity index (χ3n) is 4.22. The summed E-state index contributed by atoms with van der Waals surface area (Å²) in [6.07, 6.45) is -0.361. The van der Waals surface area contributed by atoms with Crippen LogP contribution >= 0.6 is 0 Å². The monoisotopic (exact) mass is 358 g/mol. The number of rotatable bonds is 4. The number of carbonyl (C=O) groups excluding carboxylic acids is 1. The Morgan fingerprint density at radius 3 is 2.69 bits per heavy atom. The van der Waals surface area contributed by atoms with Crippen molar-refractivity contribution in [1.29, 1.82) is 0 Å². The molecule has 136 valence electrons. The number of urea groups is 1. The minimum atomic E-state index is -0.989. The molecule has 3 rings (SSSR count). The lowest BCUT2D eigenvalue weighted by Crippen LogP contribution is -2.46. The van der Waals surface area contributed by atoms with Crippen molar-refractivity contribution >= 4 is 12.0 Å². The van der Waals surface area contributed by atoms with Gasteiger partial charge >= 0.3 is 12.0 Å². The van der Waals surface area contributed by atoms with Crippen LogP contribution in [0.15, 0.2) is 48.5 Å². The molecule has 2 aromatic rings. The van der Waals surface area contributed by atoms with Crippen molar-refractivity contribution in [2.24, 2.45) is 0 Å². The Labute approximate surface area is 150 Å². The molecule has 0 aliphatic carbocycles. The van der Waals surface area contributed by atoms with Crippen molar-refractivity contribution in [3.8, 4) is 0 Å². The molecule has 0 saturated carbocycles. The molecule has 1 heterocycles. The predicted molar refractivity (Wildman–Crippen MR) is 92.3 cm³/mol. The molecule has 6 nitrogen and oxygen atoms in total. The zero-order valence-corrected chi connectivity index (χ0v) is 14.0. The minimum Gasteiger partial charge on any atom is -0.478 e. The van der Waals surface area contributed by atoms with E-state index < -0.39 is 5.97 Å². The number of halogens is 1. The van der Waals surface area contributed by atoms with Gasteiger partial charge in [-0.25, -0.2) is 14.0 Å². The maximum absolute atomic E-state index is 13.4. The predicted octanol–water partition coefficient (Wildman–Crippen LogP) is 2.81. The van der Waals surface area contributed by atoms with E-state index in [4.69, 9.17) is 9.84 Å². The summed E-state index contributed by atoms with van der Waals surface area (Å²) in [6, 6.07) is 12.3. The Bertz CT molecular complexity index is 794. The highest BCUT2D eigenvalue weighted by Gasteiger charge is 2.25. The molecule has 0 spiro atoms. The van der Waals surface area contributed by atoms with Crippen molar-refractivity contribution in [3.63, 3.8) is 0 Å². The van der Waals surface area contributed by atoms with Crippen LogP contribution in [-0.4, -0.2) is 41.7 Å². The highest BCUT2D eigenvalue weighted by molar-refractivity contribution is 5.87. The second-order valence-electron chi connectivity index (χ2n) is 6.02. The zero-order chi connectivity index (χ0) is 18.5. The Morgan fingerprint density at radius 1 is 1.23 bits per heavy atom. The van der Waals surface area contributed by atoms with E-state index in [0.29, 0.717) is 31.8 Å². The number of carboxylic acids is 1. The van der Waals surface area contributed by atoms with Crippen LogP contribution in [0.1, 0.15) is 27.6 Å². The van der Waals surface area contributed by atoms with Gasteiger partial charge in [-0.05, 0) is 35.4 Å². The third kappa shape index (κ3) is 4.37. The minimum absolute atomic E-state index is 0.200. The summed E-state index contributed by atoms with van der Waals surface area (Å²) in [5.41, 5.74) is 1.70. The van der Waals surface area contributed by atoms with Gasteiger partial charge in [0.15, 0.2) is 0 Å². The Kier molecular flexibility index (Phi) is 5.48. The van der Waals surface area contributed by atoms with Crippen LogP contribution in [0.4, 0.5) is 9.18 Å². The van der Waals surface area contributed by atoms with Gasteiger partial charge < -0.3 is 20.1 Å². The molecule has 7 heteroatoms. The summed E-state index contributed by atoms with van der Waals surface area (Å²) in [5, 5.41) is 11.7. The van der Waals surface area contributed by atoms with Gasteiger partial charge in [-0.15, -0.1) is 0 Å². The number of hydrogen-bond donors (Lipinski definition) is 2. The van der Waals surface area contributed by atoms with E-state index in [0.717, 1.165) is 5.56 Å². The first-order valence-electron chi connectivity index (χ1n) is 8.25. The summed E-state index contributed by atoms with van der Waals surface area (Å²) in [6.45, 7) is 1.46. The average molecular weight is 358 g/mol. The Balaban J connectivity index is 1.56. The summed E-state index contributed by atoms with van der Waals surface area (Å²) in [5.74, 6) is -1.32. The zero-order valence-electron chi connectivity index (χ0n) is 14.0. The van der Waals surface area contributed by atoms with Crippen molar-refractivity contribution in [1.82, 2.24) is 10.2 Å². The van der Waals surface area contributed by atoms with E-state index in [9.17, 15) is 14.0 Å². The van der Waals surface area contributed by atoms with Crippen LogP contribution < -0.4 is 5.32 Å². The van der Waals surface area contributed by atoms with Crippen LogP contribution in [0.3, 0.4) is 0 Å². The molecule has 0 radical (unpaired) electrons. The van der Waals surface area contributed by atoms with Crippen LogP contribution in [0.5, 0.6) is 0 Å². The highest BCUT2D eigenvalue weighted by Crippen LogP contribution is 2.22. The molecule has 1 fully saturated rings. The first-order valence-corrected chi connectivity index (χ1v) is 8.25. The van der Waals surface area contributed by atoms with Crippen LogP contribution in [0.25, 0.3) is 0 Å². The topological polar surface area (TPSA) is 78.9 Å². The molecule has 1 saturated heterocycles. The third-order valence-corrected chi connectivity index (χ3v) is 4.22. The van der Waals surface area contributed by atoms with Gasteiger partial charge in [0.2, 0.25) is 0 Å². The molecule has 1 aliphatic heterocycles. The maximum Gasteiger partial charge on any atom is 0.335 e. The molecule has 26 heavy (non-hydrogen) atoms. The number of ether oxygens (including phenoxy) is 1. The fourth-order valence-electron chi connectivity index (χ4n) is 2.80. The molecule has 2 amide bonds. The first-order chi connectivity index (χ1) is 12.5. The Morgan fingerprint density at radius 2 is 2.00 bits per heavy atom. The normalized spacial score (nSPS) is 17.0. The molecular weight excluding hydrogens is 339 g/mol. The molecule has 1 aliphatic rings. The van der Waals surface area contributed by atoms with Crippen molar-refractivity contribution in [2.45, 2.75) is 12.6 Å². The fraction of sp³-hybridized carbons (Fsp3) is 0.263. The molecular formula is C19H19FN2O4. The van der Waals surface area contributed by atoms with E-state index in [2.05, 4.69) is 5.32 Å². The van der Waals surface area contributed by atoms with Gasteiger partial charge in [0.25, 0.3) is 0 Å². The lowest BCUT2D eigenvalue weighted by Gasteiger charge is -2.33. The second-order valence-corrected chi connectivity index (χ2v) is 6.02. The average Bonchev–Trinajstić information content (AvgIpc) is 2.66. The number of morpholine rings is 1. The van der Waals surface area contributed by atoms with Gasteiger partial charge in [0.05, 0.1) is 18.7 Å². The molecule has 0 aromatic heterocycles. The fourth-order valence-corrected chi connectivity index (χ4v) is 2.80. The molecule has 1 unspecified atom stereocenters. The van der Waals surface area contributed by atoms with Gasteiger partial charge in [-0.3, -0.25) is 0 Å². The van der Waals surface area contributed by atoms with Gasteiger partial charge in [-0.1, -0.05) is 24.3 Å². The molecule has 2 aromatic carbocycles. The van der Waals surface area contributed by atoms with E-state index in [1.165, 1.54) is 24.3 Å². The smallest absolute Gasteiger partial charge is 0.335 e. The molecule has 0 bridgehead atoms. The number of nitrogens with zero attached hydrogens (tertiary/aromatic N) is 1. The quantitative estimate of drug-likeness (QED) is 0.881. The van der Waals surface area contributed by atoms with Crippen molar-refractivity contribution < 1.29 is 23.8 Å². The van der Waals surface area contributed by atoms with Gasteiger partial charge in [-0.2, -0.15) is 0 Å². The summed E-state index contributed by atoms with van der Waals surface area (Å²) < 4.78 is 19.0. The number of carboxylic acid groups (broad SMARTS) is 1. The number of nitrogens with one attached hydrogen (secondary N) is 1. The lowest BCUT2D eigenvalue weighted by atomic mass is 10.1. The number of carbonyl (C=O) groups is 2. The largest absolute Gasteiger partial charge is 0.478 e. The highest BCUT2D eigenvalue weighted by atomic mass is 19.1. The first kappa shape index (κ1) is 17.9. The van der Waals surface area contributed by atoms with Crippen LogP contribution in [0, 0.1) is 5.82 Å². The van der Waals surface area contributed by atoms with Gasteiger partial charge in [0, 0.05) is 13.1 Å².